The second-order valence-electron chi connectivity index (χ2n) is 3.82. The molecule has 20 heavy (non-hydrogen) atoms. The van der Waals surface area contributed by atoms with E-state index in [-0.39, 0.29) is 41.1 Å². The highest BCUT2D eigenvalue weighted by Crippen LogP contribution is 2.37. The summed E-state index contributed by atoms with van der Waals surface area (Å²) in [7, 11) is 1.47. The molecule has 1 aromatic rings. The van der Waals surface area contributed by atoms with Crippen molar-refractivity contribution in [3.8, 4) is 0 Å². The summed E-state index contributed by atoms with van der Waals surface area (Å²) in [5.74, 6) is -1.08. The van der Waals surface area contributed by atoms with Crippen LogP contribution in [-0.2, 0) is 9.53 Å². The van der Waals surface area contributed by atoms with Gasteiger partial charge in [-0.1, -0.05) is 23.2 Å². The molecule has 0 aliphatic rings. The van der Waals surface area contributed by atoms with E-state index in [1.165, 1.54) is 12.0 Å². The minimum Gasteiger partial charge on any atom is -0.480 e. The number of hydrogen-bond donors (Lipinski definition) is 1. The van der Waals surface area contributed by atoms with E-state index in [4.69, 9.17) is 33.0 Å². The van der Waals surface area contributed by atoms with Crippen molar-refractivity contribution in [1.29, 1.82) is 0 Å². The molecule has 0 saturated carbocycles. The molecule has 0 heterocycles. The summed E-state index contributed by atoms with van der Waals surface area (Å²) in [5.41, 5.74) is -0.0239. The van der Waals surface area contributed by atoms with Crippen LogP contribution in [0.25, 0.3) is 0 Å². The molecule has 0 spiro atoms. The van der Waals surface area contributed by atoms with Crippen molar-refractivity contribution in [2.75, 3.05) is 31.7 Å². The van der Waals surface area contributed by atoms with Gasteiger partial charge in [0.2, 0.25) is 0 Å². The molecule has 0 fully saturated rings. The van der Waals surface area contributed by atoms with Crippen LogP contribution in [0, 0.1) is 10.1 Å². The summed E-state index contributed by atoms with van der Waals surface area (Å²) in [6.45, 7) is 0.150. The molecule has 0 amide bonds. The Balaban J connectivity index is 3.18. The number of rotatable bonds is 7. The second kappa shape index (κ2) is 7.28. The number of hydrogen-bond acceptors (Lipinski definition) is 5. The number of anilines is 1. The normalized spacial score (nSPS) is 10.3. The van der Waals surface area contributed by atoms with Crippen LogP contribution in [-0.4, -0.2) is 42.8 Å². The first-order valence-electron chi connectivity index (χ1n) is 5.46. The lowest BCUT2D eigenvalue weighted by atomic mass is 10.2. The third-order valence-electron chi connectivity index (χ3n) is 2.42. The average Bonchev–Trinajstić information content (AvgIpc) is 2.33. The Morgan fingerprint density at radius 1 is 1.45 bits per heavy atom. The van der Waals surface area contributed by atoms with Crippen LogP contribution in [0.1, 0.15) is 0 Å². The zero-order valence-electron chi connectivity index (χ0n) is 10.5. The van der Waals surface area contributed by atoms with Crippen LogP contribution >= 0.6 is 23.2 Å². The van der Waals surface area contributed by atoms with Gasteiger partial charge >= 0.3 is 5.97 Å². The Bertz CT molecular complexity index is 501. The van der Waals surface area contributed by atoms with Crippen molar-refractivity contribution in [2.45, 2.75) is 0 Å². The maximum absolute atomic E-state index is 10.9. The van der Waals surface area contributed by atoms with E-state index in [0.717, 1.165) is 12.1 Å². The number of carboxylic acid groups (broad SMARTS) is 1. The standard InChI is InChI=1S/C11H12Cl2N2O5/c1-20-3-2-14(6-10(16)17)11-8(12)4-7(15(18)19)5-9(11)13/h4-5H,2-3,6H2,1H3,(H,16,17). The predicted octanol–water partition coefficient (Wildman–Crippen LogP) is 2.44. The molecule has 1 aromatic carbocycles. The summed E-state index contributed by atoms with van der Waals surface area (Å²) in [4.78, 5) is 22.3. The summed E-state index contributed by atoms with van der Waals surface area (Å²) in [6.07, 6.45) is 0. The average molecular weight is 323 g/mol. The van der Waals surface area contributed by atoms with Crippen molar-refractivity contribution >= 4 is 40.5 Å². The lowest BCUT2D eigenvalue weighted by molar-refractivity contribution is -0.384. The minimum atomic E-state index is -1.08. The zero-order valence-corrected chi connectivity index (χ0v) is 12.0. The quantitative estimate of drug-likeness (QED) is 0.612. The van der Waals surface area contributed by atoms with Crippen molar-refractivity contribution < 1.29 is 19.6 Å². The lowest BCUT2D eigenvalue weighted by Crippen LogP contribution is -2.33. The van der Waals surface area contributed by atoms with Crippen molar-refractivity contribution in [1.82, 2.24) is 0 Å². The van der Waals surface area contributed by atoms with Crippen LogP contribution in [0.15, 0.2) is 12.1 Å². The van der Waals surface area contributed by atoms with E-state index in [9.17, 15) is 14.9 Å². The number of carboxylic acids is 1. The fourth-order valence-corrected chi connectivity index (χ4v) is 2.31. The summed E-state index contributed by atoms with van der Waals surface area (Å²) < 4.78 is 4.89. The van der Waals surface area contributed by atoms with Gasteiger partial charge in [-0.3, -0.25) is 14.9 Å². The van der Waals surface area contributed by atoms with Crippen LogP contribution < -0.4 is 4.90 Å². The minimum absolute atomic E-state index is 0.0153. The number of halogens is 2. The molecule has 1 rings (SSSR count). The van der Waals surface area contributed by atoms with Gasteiger partial charge in [-0.05, 0) is 0 Å². The van der Waals surface area contributed by atoms with Gasteiger partial charge in [0.1, 0.15) is 6.54 Å². The van der Waals surface area contributed by atoms with Gasteiger partial charge in [-0.25, -0.2) is 0 Å². The SMILES string of the molecule is COCCN(CC(=O)O)c1c(Cl)cc([N+](=O)[O-])cc1Cl. The number of benzene rings is 1. The van der Waals surface area contributed by atoms with Gasteiger partial charge in [0.25, 0.3) is 5.69 Å². The van der Waals surface area contributed by atoms with Crippen LogP contribution in [0.4, 0.5) is 11.4 Å². The highest BCUT2D eigenvalue weighted by Gasteiger charge is 2.21. The Labute approximate surface area is 124 Å². The molecule has 0 aliphatic carbocycles. The number of non-ortho nitro benzene ring substituents is 1. The Kier molecular flexibility index (Phi) is 6.00. The fourth-order valence-electron chi connectivity index (χ4n) is 1.59. The highest BCUT2D eigenvalue weighted by molar-refractivity contribution is 6.39. The summed E-state index contributed by atoms with van der Waals surface area (Å²) in [5, 5.41) is 19.6. The van der Waals surface area contributed by atoms with Gasteiger partial charge in [0.05, 0.1) is 27.3 Å². The van der Waals surface area contributed by atoms with Gasteiger partial charge in [-0.2, -0.15) is 0 Å². The number of nitro benzene ring substituents is 1. The molecule has 0 radical (unpaired) electrons. The maximum Gasteiger partial charge on any atom is 0.323 e. The summed E-state index contributed by atoms with van der Waals surface area (Å²) >= 11 is 11.9. The van der Waals surface area contributed by atoms with E-state index in [1.54, 1.807) is 0 Å². The number of carbonyl (C=O) groups is 1. The molecular weight excluding hydrogens is 311 g/mol. The first kappa shape index (κ1) is 16.5. The van der Waals surface area contributed by atoms with E-state index in [1.807, 2.05) is 0 Å². The molecular formula is C11H12Cl2N2O5. The van der Waals surface area contributed by atoms with E-state index >= 15 is 0 Å². The molecule has 0 saturated heterocycles. The molecule has 0 aliphatic heterocycles. The number of nitrogens with zero attached hydrogens (tertiary/aromatic N) is 2. The smallest absolute Gasteiger partial charge is 0.323 e. The molecule has 0 aromatic heterocycles. The molecule has 0 atom stereocenters. The number of ether oxygens (including phenoxy) is 1. The monoisotopic (exact) mass is 322 g/mol. The number of aliphatic carboxylic acids is 1. The molecule has 110 valence electrons. The largest absolute Gasteiger partial charge is 0.480 e. The van der Waals surface area contributed by atoms with Crippen LogP contribution in [0.3, 0.4) is 0 Å². The summed E-state index contributed by atoms with van der Waals surface area (Å²) in [6, 6.07) is 2.26. The van der Waals surface area contributed by atoms with Crippen molar-refractivity contribution in [2.24, 2.45) is 0 Å². The first-order chi connectivity index (χ1) is 9.36. The molecule has 9 heteroatoms. The van der Waals surface area contributed by atoms with Gasteiger partial charge < -0.3 is 14.7 Å². The zero-order chi connectivity index (χ0) is 15.3. The third-order valence-corrected chi connectivity index (χ3v) is 3.00. The molecule has 1 N–H and O–H groups in total. The molecule has 0 unspecified atom stereocenters. The van der Waals surface area contributed by atoms with Crippen LogP contribution in [0.2, 0.25) is 10.0 Å². The van der Waals surface area contributed by atoms with Gasteiger partial charge in [-0.15, -0.1) is 0 Å². The lowest BCUT2D eigenvalue weighted by Gasteiger charge is -2.24. The maximum atomic E-state index is 10.9. The first-order valence-corrected chi connectivity index (χ1v) is 6.21. The highest BCUT2D eigenvalue weighted by atomic mass is 35.5. The van der Waals surface area contributed by atoms with Gasteiger partial charge in [0.15, 0.2) is 0 Å². The Morgan fingerprint density at radius 3 is 2.40 bits per heavy atom. The topological polar surface area (TPSA) is 92.9 Å². The van der Waals surface area contributed by atoms with E-state index < -0.39 is 10.9 Å². The predicted molar refractivity (Wildman–Crippen MR) is 74.8 cm³/mol. The second-order valence-corrected chi connectivity index (χ2v) is 4.64. The number of nitro groups is 1. The van der Waals surface area contributed by atoms with E-state index in [2.05, 4.69) is 0 Å². The Morgan fingerprint density at radius 2 is 2.00 bits per heavy atom. The Hall–Kier alpha value is -1.57. The third kappa shape index (κ3) is 4.22. The number of methoxy groups -OCH3 is 1. The van der Waals surface area contributed by atoms with Gasteiger partial charge in [0, 0.05) is 25.8 Å². The van der Waals surface area contributed by atoms with E-state index in [0.29, 0.717) is 0 Å². The van der Waals surface area contributed by atoms with Crippen LogP contribution in [0.5, 0.6) is 0 Å². The van der Waals surface area contributed by atoms with Crippen molar-refractivity contribution in [3.05, 3.63) is 32.3 Å². The fraction of sp³-hybridized carbons (Fsp3) is 0.364. The molecule has 0 bridgehead atoms. The van der Waals surface area contributed by atoms with Crippen molar-refractivity contribution in [3.63, 3.8) is 0 Å². The molecule has 7 nitrogen and oxygen atoms in total.